The van der Waals surface area contributed by atoms with Crippen molar-refractivity contribution in [1.82, 2.24) is 15.8 Å². The molecule has 2 aromatic rings. The van der Waals surface area contributed by atoms with Crippen molar-refractivity contribution in [2.45, 2.75) is 25.8 Å². The summed E-state index contributed by atoms with van der Waals surface area (Å²) in [5.74, 6) is -2.01. The standard InChI is InChI=1S/C20H20FN3O3/c1-13(11-14-7-6-10-16(21)12-14)17(25)23-24-18(26)20(2,22-19(24)27)15-8-4-3-5-9-15/h3-10,12-13H,11H2,1-2H3,(H,22,27)(H,23,25). The fourth-order valence-electron chi connectivity index (χ4n) is 3.04. The second-order valence-electron chi connectivity index (χ2n) is 6.77. The van der Waals surface area contributed by atoms with Crippen molar-refractivity contribution < 1.29 is 18.8 Å². The summed E-state index contributed by atoms with van der Waals surface area (Å²) in [6, 6.07) is 14.1. The van der Waals surface area contributed by atoms with Crippen LogP contribution in [0, 0.1) is 11.7 Å². The summed E-state index contributed by atoms with van der Waals surface area (Å²) in [5, 5.41) is 3.33. The van der Waals surface area contributed by atoms with E-state index in [-0.39, 0.29) is 12.2 Å². The maximum atomic E-state index is 13.3. The zero-order chi connectivity index (χ0) is 19.6. The summed E-state index contributed by atoms with van der Waals surface area (Å²) in [5.41, 5.74) is 2.40. The van der Waals surface area contributed by atoms with Crippen LogP contribution >= 0.6 is 0 Å². The fraction of sp³-hybridized carbons (Fsp3) is 0.250. The van der Waals surface area contributed by atoms with E-state index in [2.05, 4.69) is 10.7 Å². The van der Waals surface area contributed by atoms with Gasteiger partial charge in [-0.15, -0.1) is 0 Å². The second kappa shape index (κ2) is 7.19. The third-order valence-electron chi connectivity index (χ3n) is 4.64. The van der Waals surface area contributed by atoms with Crippen molar-refractivity contribution in [2.24, 2.45) is 5.92 Å². The number of carbonyl (C=O) groups excluding carboxylic acids is 3. The summed E-state index contributed by atoms with van der Waals surface area (Å²) >= 11 is 0. The molecule has 4 amide bonds. The van der Waals surface area contributed by atoms with E-state index in [1.165, 1.54) is 12.1 Å². The first-order valence-corrected chi connectivity index (χ1v) is 8.58. The van der Waals surface area contributed by atoms with Crippen molar-refractivity contribution in [1.29, 1.82) is 0 Å². The molecule has 140 valence electrons. The van der Waals surface area contributed by atoms with Gasteiger partial charge in [0.1, 0.15) is 11.4 Å². The Morgan fingerprint density at radius 1 is 1.19 bits per heavy atom. The normalized spacial score (nSPS) is 20.3. The number of halogens is 1. The average Bonchev–Trinajstić information content (AvgIpc) is 2.86. The number of hydrazine groups is 1. The molecule has 7 heteroatoms. The van der Waals surface area contributed by atoms with E-state index in [9.17, 15) is 18.8 Å². The van der Waals surface area contributed by atoms with Gasteiger partial charge in [0.05, 0.1) is 0 Å². The zero-order valence-electron chi connectivity index (χ0n) is 15.0. The predicted octanol–water partition coefficient (Wildman–Crippen LogP) is 2.50. The molecule has 6 nitrogen and oxygen atoms in total. The van der Waals surface area contributed by atoms with Gasteiger partial charge in [-0.1, -0.05) is 49.4 Å². The van der Waals surface area contributed by atoms with E-state index in [1.807, 2.05) is 6.07 Å². The number of amides is 4. The van der Waals surface area contributed by atoms with Crippen LogP contribution in [0.5, 0.6) is 0 Å². The molecule has 27 heavy (non-hydrogen) atoms. The van der Waals surface area contributed by atoms with Crippen LogP contribution in [0.3, 0.4) is 0 Å². The molecule has 2 unspecified atom stereocenters. The first-order chi connectivity index (χ1) is 12.8. The van der Waals surface area contributed by atoms with Crippen molar-refractivity contribution in [2.75, 3.05) is 0 Å². The number of rotatable bonds is 5. The van der Waals surface area contributed by atoms with Gasteiger partial charge in [0.15, 0.2) is 0 Å². The summed E-state index contributed by atoms with van der Waals surface area (Å²) in [6.45, 7) is 3.24. The lowest BCUT2D eigenvalue weighted by atomic mass is 9.92. The van der Waals surface area contributed by atoms with E-state index in [4.69, 9.17) is 0 Å². The Balaban J connectivity index is 1.70. The molecule has 1 aliphatic heterocycles. The number of hydrogen-bond acceptors (Lipinski definition) is 3. The SMILES string of the molecule is CC(Cc1cccc(F)c1)C(=O)NN1C(=O)NC(C)(c2ccccc2)C1=O. The van der Waals surface area contributed by atoms with Crippen LogP contribution in [0.2, 0.25) is 0 Å². The minimum absolute atomic E-state index is 0.281. The third kappa shape index (κ3) is 3.67. The van der Waals surface area contributed by atoms with Gasteiger partial charge in [-0.2, -0.15) is 5.01 Å². The van der Waals surface area contributed by atoms with Gasteiger partial charge in [0.25, 0.3) is 5.91 Å². The Kier molecular flexibility index (Phi) is 4.94. The second-order valence-corrected chi connectivity index (χ2v) is 6.77. The van der Waals surface area contributed by atoms with Crippen molar-refractivity contribution in [3.8, 4) is 0 Å². The van der Waals surface area contributed by atoms with E-state index in [1.54, 1.807) is 50.2 Å². The molecule has 1 heterocycles. The van der Waals surface area contributed by atoms with Gasteiger partial charge in [-0.25, -0.2) is 9.18 Å². The van der Waals surface area contributed by atoms with Gasteiger partial charge < -0.3 is 5.32 Å². The summed E-state index contributed by atoms with van der Waals surface area (Å²) < 4.78 is 13.3. The number of hydrogen-bond donors (Lipinski definition) is 2. The van der Waals surface area contributed by atoms with Crippen molar-refractivity contribution >= 4 is 17.8 Å². The molecule has 3 rings (SSSR count). The molecule has 2 aromatic carbocycles. The number of nitrogens with one attached hydrogen (secondary N) is 2. The van der Waals surface area contributed by atoms with Gasteiger partial charge in [-0.3, -0.25) is 15.0 Å². The lowest BCUT2D eigenvalue weighted by Crippen LogP contribution is -2.49. The fourth-order valence-corrected chi connectivity index (χ4v) is 3.04. The van der Waals surface area contributed by atoms with Gasteiger partial charge >= 0.3 is 6.03 Å². The van der Waals surface area contributed by atoms with Gasteiger partial charge in [0.2, 0.25) is 5.91 Å². The molecule has 2 atom stereocenters. The van der Waals surface area contributed by atoms with E-state index in [0.29, 0.717) is 16.1 Å². The van der Waals surface area contributed by atoms with Crippen molar-refractivity contribution in [3.05, 3.63) is 71.5 Å². The topological polar surface area (TPSA) is 78.5 Å². The van der Waals surface area contributed by atoms with Crippen LogP contribution < -0.4 is 10.7 Å². The van der Waals surface area contributed by atoms with Gasteiger partial charge in [0, 0.05) is 5.92 Å². The third-order valence-corrected chi connectivity index (χ3v) is 4.64. The molecule has 0 saturated carbocycles. The van der Waals surface area contributed by atoms with Crippen LogP contribution in [-0.4, -0.2) is 22.9 Å². The quantitative estimate of drug-likeness (QED) is 0.795. The van der Waals surface area contributed by atoms with Gasteiger partial charge in [-0.05, 0) is 36.6 Å². The van der Waals surface area contributed by atoms with Crippen LogP contribution in [0.1, 0.15) is 25.0 Å². The Morgan fingerprint density at radius 3 is 2.56 bits per heavy atom. The zero-order valence-corrected chi connectivity index (χ0v) is 15.0. The van der Waals surface area contributed by atoms with Crippen molar-refractivity contribution in [3.63, 3.8) is 0 Å². The molecule has 1 aliphatic rings. The Hall–Kier alpha value is -3.22. The largest absolute Gasteiger partial charge is 0.344 e. The highest BCUT2D eigenvalue weighted by Gasteiger charge is 2.50. The number of urea groups is 1. The highest BCUT2D eigenvalue weighted by Crippen LogP contribution is 2.27. The Bertz CT molecular complexity index is 887. The molecular weight excluding hydrogens is 349 g/mol. The predicted molar refractivity (Wildman–Crippen MR) is 96.6 cm³/mol. The smallest absolute Gasteiger partial charge is 0.318 e. The molecule has 1 fully saturated rings. The van der Waals surface area contributed by atoms with Crippen LogP contribution in [-0.2, 0) is 21.5 Å². The molecule has 1 saturated heterocycles. The Morgan fingerprint density at radius 2 is 1.89 bits per heavy atom. The minimum Gasteiger partial charge on any atom is -0.318 e. The summed E-state index contributed by atoms with van der Waals surface area (Å²) in [6.07, 6.45) is 0.281. The number of nitrogens with zero attached hydrogens (tertiary/aromatic N) is 1. The average molecular weight is 369 g/mol. The summed E-state index contributed by atoms with van der Waals surface area (Å²) in [4.78, 5) is 37.5. The van der Waals surface area contributed by atoms with Crippen LogP contribution in [0.4, 0.5) is 9.18 Å². The lowest BCUT2D eigenvalue weighted by molar-refractivity contribution is -0.140. The molecule has 0 aliphatic carbocycles. The molecule has 0 aromatic heterocycles. The van der Waals surface area contributed by atoms with E-state index < -0.39 is 29.3 Å². The lowest BCUT2D eigenvalue weighted by Gasteiger charge is -2.22. The van der Waals surface area contributed by atoms with Crippen LogP contribution in [0.15, 0.2) is 54.6 Å². The first-order valence-electron chi connectivity index (χ1n) is 8.58. The first kappa shape index (κ1) is 18.6. The number of imide groups is 1. The maximum Gasteiger partial charge on any atom is 0.344 e. The summed E-state index contributed by atoms with van der Waals surface area (Å²) in [7, 11) is 0. The van der Waals surface area contributed by atoms with E-state index >= 15 is 0 Å². The number of carbonyl (C=O) groups is 3. The maximum absolute atomic E-state index is 13.3. The molecule has 2 N–H and O–H groups in total. The Labute approximate surface area is 156 Å². The molecule has 0 bridgehead atoms. The highest BCUT2D eigenvalue weighted by molar-refractivity contribution is 6.08. The monoisotopic (exact) mass is 369 g/mol. The highest BCUT2D eigenvalue weighted by atomic mass is 19.1. The molecular formula is C20H20FN3O3. The minimum atomic E-state index is -1.25. The molecule has 0 radical (unpaired) electrons. The van der Waals surface area contributed by atoms with Crippen LogP contribution in [0.25, 0.3) is 0 Å². The molecule has 0 spiro atoms. The van der Waals surface area contributed by atoms with E-state index in [0.717, 1.165) is 0 Å². The number of benzene rings is 2.